The van der Waals surface area contributed by atoms with Gasteiger partial charge in [-0.3, -0.25) is 0 Å². The molecule has 0 unspecified atom stereocenters. The second-order valence-corrected chi connectivity index (χ2v) is 3.80. The molecule has 0 saturated carbocycles. The molecule has 0 bridgehead atoms. The van der Waals surface area contributed by atoms with Crippen LogP contribution in [0.2, 0.25) is 0 Å². The average Bonchev–Trinajstić information content (AvgIpc) is 2.92. The number of tetrazole rings is 1. The molecule has 2 heterocycles. The molecule has 0 atom stereocenters. The summed E-state index contributed by atoms with van der Waals surface area (Å²) in [6, 6.07) is 7.95. The number of fused-ring (bicyclic) bond motifs is 4. The maximum Gasteiger partial charge on any atom is 0.291 e. The summed E-state index contributed by atoms with van der Waals surface area (Å²) in [6.45, 7) is 4.04. The fourth-order valence-corrected chi connectivity index (χ4v) is 2.08. The summed E-state index contributed by atoms with van der Waals surface area (Å²) in [6.07, 6.45) is 0. The molecular weight excluding hydrogens is 216 g/mol. The van der Waals surface area contributed by atoms with E-state index in [0.717, 1.165) is 27.0 Å². The minimum Gasteiger partial charge on any atom is -0.206 e. The zero-order chi connectivity index (χ0) is 11.4. The van der Waals surface area contributed by atoms with Gasteiger partial charge in [-0.05, 0) is 15.8 Å². The number of hydrogen-bond acceptors (Lipinski definition) is 5. The molecule has 4 aromatic rings. The molecular formula is C11H6N6. The van der Waals surface area contributed by atoms with E-state index in [0.29, 0.717) is 5.78 Å². The Kier molecular flexibility index (Phi) is 1.37. The Morgan fingerprint density at radius 2 is 1.88 bits per heavy atom. The predicted octanol–water partition coefficient (Wildman–Crippen LogP) is 0.350. The van der Waals surface area contributed by atoms with E-state index in [2.05, 4.69) is 32.2 Å². The average molecular weight is 222 g/mol. The standard InChI is InChI=1S/C11H6N6/c1-6-7-4-2-3-5-8(7)10-9(6)14-17-11(12-10)13-15-16-17/h2-5H,1H2. The molecule has 0 aliphatic rings. The van der Waals surface area contributed by atoms with E-state index in [4.69, 9.17) is 0 Å². The van der Waals surface area contributed by atoms with E-state index in [-0.39, 0.29) is 0 Å². The lowest BCUT2D eigenvalue weighted by Crippen LogP contribution is -2.02. The minimum atomic E-state index is 0.397. The molecule has 0 spiro atoms. The smallest absolute Gasteiger partial charge is 0.206 e. The van der Waals surface area contributed by atoms with Gasteiger partial charge in [-0.1, -0.05) is 40.6 Å². The van der Waals surface area contributed by atoms with Crippen molar-refractivity contribution in [1.29, 1.82) is 0 Å². The highest BCUT2D eigenvalue weighted by atomic mass is 15.6. The lowest BCUT2D eigenvalue weighted by molar-refractivity contribution is 0.740. The minimum absolute atomic E-state index is 0.397. The van der Waals surface area contributed by atoms with Crippen molar-refractivity contribution in [3.8, 4) is 0 Å². The van der Waals surface area contributed by atoms with Crippen molar-refractivity contribution < 1.29 is 0 Å². The van der Waals surface area contributed by atoms with Gasteiger partial charge < -0.3 is 0 Å². The number of rotatable bonds is 0. The van der Waals surface area contributed by atoms with Crippen molar-refractivity contribution in [3.63, 3.8) is 0 Å². The van der Waals surface area contributed by atoms with Gasteiger partial charge in [0, 0.05) is 10.6 Å². The van der Waals surface area contributed by atoms with Gasteiger partial charge in [-0.15, -0.1) is 5.10 Å². The highest BCUT2D eigenvalue weighted by molar-refractivity contribution is 6.08. The van der Waals surface area contributed by atoms with Gasteiger partial charge in [0.05, 0.1) is 0 Å². The number of hydrogen-bond donors (Lipinski definition) is 0. The van der Waals surface area contributed by atoms with Crippen LogP contribution in [0.5, 0.6) is 0 Å². The lowest BCUT2D eigenvalue weighted by atomic mass is 10.2. The maximum atomic E-state index is 4.41. The van der Waals surface area contributed by atoms with Crippen LogP contribution in [0, 0.1) is 0 Å². The Balaban J connectivity index is 2.40. The largest absolute Gasteiger partial charge is 0.291 e. The van der Waals surface area contributed by atoms with Crippen LogP contribution >= 0.6 is 0 Å². The van der Waals surface area contributed by atoms with E-state index in [1.54, 1.807) is 0 Å². The molecule has 6 heteroatoms. The van der Waals surface area contributed by atoms with E-state index in [1.165, 1.54) is 4.63 Å². The Hall–Kier alpha value is -2.63. The Labute approximate surface area is 94.5 Å². The SMILES string of the molecule is C=c1c2ccccc2c2nc3nnnn3nc12. The Morgan fingerprint density at radius 3 is 2.76 bits per heavy atom. The molecule has 0 fully saturated rings. The molecule has 0 radical (unpaired) electrons. The van der Waals surface area contributed by atoms with Crippen molar-refractivity contribution in [1.82, 2.24) is 30.2 Å². The van der Waals surface area contributed by atoms with Gasteiger partial charge in [0.25, 0.3) is 5.78 Å². The predicted molar refractivity (Wildman–Crippen MR) is 62.1 cm³/mol. The fourth-order valence-electron chi connectivity index (χ4n) is 2.08. The summed E-state index contributed by atoms with van der Waals surface area (Å²) in [5, 5.41) is 18.3. The van der Waals surface area contributed by atoms with Crippen LogP contribution in [0.3, 0.4) is 0 Å². The summed E-state index contributed by atoms with van der Waals surface area (Å²) >= 11 is 0. The molecule has 2 aromatic carbocycles. The van der Waals surface area contributed by atoms with Crippen molar-refractivity contribution >= 4 is 34.2 Å². The van der Waals surface area contributed by atoms with Crippen molar-refractivity contribution in [2.45, 2.75) is 0 Å². The van der Waals surface area contributed by atoms with Crippen molar-refractivity contribution in [2.24, 2.45) is 0 Å². The highest BCUT2D eigenvalue weighted by Gasteiger charge is 2.11. The van der Waals surface area contributed by atoms with Crippen LogP contribution in [0.4, 0.5) is 0 Å². The zero-order valence-corrected chi connectivity index (χ0v) is 8.70. The monoisotopic (exact) mass is 222 g/mol. The van der Waals surface area contributed by atoms with E-state index < -0.39 is 0 Å². The lowest BCUT2D eigenvalue weighted by Gasteiger charge is -1.90. The fraction of sp³-hybridized carbons (Fsp3) is 0. The first-order valence-electron chi connectivity index (χ1n) is 5.10. The van der Waals surface area contributed by atoms with Crippen LogP contribution in [0.1, 0.15) is 0 Å². The maximum absolute atomic E-state index is 4.41. The molecule has 2 aromatic heterocycles. The number of aromatic nitrogens is 6. The van der Waals surface area contributed by atoms with Gasteiger partial charge in [0.1, 0.15) is 11.0 Å². The first-order valence-corrected chi connectivity index (χ1v) is 5.10. The van der Waals surface area contributed by atoms with Crippen LogP contribution in [-0.2, 0) is 0 Å². The van der Waals surface area contributed by atoms with Crippen LogP contribution in [-0.4, -0.2) is 30.2 Å². The molecule has 0 aliphatic heterocycles. The molecule has 0 saturated heterocycles. The van der Waals surface area contributed by atoms with Crippen LogP contribution in [0.15, 0.2) is 24.3 Å². The number of benzene rings is 1. The van der Waals surface area contributed by atoms with Crippen LogP contribution in [0.25, 0.3) is 34.2 Å². The Morgan fingerprint density at radius 1 is 1.06 bits per heavy atom. The zero-order valence-electron chi connectivity index (χ0n) is 8.70. The van der Waals surface area contributed by atoms with Gasteiger partial charge in [0.15, 0.2) is 0 Å². The van der Waals surface area contributed by atoms with Gasteiger partial charge >= 0.3 is 0 Å². The third-order valence-electron chi connectivity index (χ3n) is 2.86. The van der Waals surface area contributed by atoms with Gasteiger partial charge in [-0.25, -0.2) is 4.98 Å². The highest BCUT2D eigenvalue weighted by Crippen LogP contribution is 2.20. The van der Waals surface area contributed by atoms with Gasteiger partial charge in [0.2, 0.25) is 0 Å². The normalized spacial score (nSPS) is 11.8. The molecule has 0 amide bonds. The third kappa shape index (κ3) is 0.963. The Bertz CT molecular complexity index is 910. The van der Waals surface area contributed by atoms with E-state index >= 15 is 0 Å². The van der Waals surface area contributed by atoms with Gasteiger partial charge in [-0.2, -0.15) is 0 Å². The van der Waals surface area contributed by atoms with Crippen molar-refractivity contribution in [3.05, 3.63) is 29.5 Å². The second-order valence-electron chi connectivity index (χ2n) is 3.80. The molecule has 17 heavy (non-hydrogen) atoms. The summed E-state index contributed by atoms with van der Waals surface area (Å²) in [5.41, 5.74) is 1.54. The molecule has 4 rings (SSSR count). The summed E-state index contributed by atoms with van der Waals surface area (Å²) in [7, 11) is 0. The molecule has 0 N–H and O–H groups in total. The second kappa shape index (κ2) is 2.73. The number of nitrogens with zero attached hydrogens (tertiary/aromatic N) is 6. The quantitative estimate of drug-likeness (QED) is 0.429. The first kappa shape index (κ1) is 8.51. The summed E-state index contributed by atoms with van der Waals surface area (Å²) < 4.78 is 1.32. The van der Waals surface area contributed by atoms with E-state index in [9.17, 15) is 0 Å². The van der Waals surface area contributed by atoms with Crippen molar-refractivity contribution in [2.75, 3.05) is 0 Å². The molecule has 0 aliphatic carbocycles. The third-order valence-corrected chi connectivity index (χ3v) is 2.86. The van der Waals surface area contributed by atoms with E-state index in [1.807, 2.05) is 24.3 Å². The summed E-state index contributed by atoms with van der Waals surface area (Å²) in [5.74, 6) is 0.397. The summed E-state index contributed by atoms with van der Waals surface area (Å²) in [4.78, 5) is 4.41. The van der Waals surface area contributed by atoms with Crippen LogP contribution < -0.4 is 5.22 Å². The molecule has 80 valence electrons. The topological polar surface area (TPSA) is 68.9 Å². The first-order chi connectivity index (χ1) is 8.34. The molecule has 6 nitrogen and oxygen atoms in total.